The molecular weight excluding hydrogens is 258 g/mol. The van der Waals surface area contributed by atoms with Gasteiger partial charge in [-0.05, 0) is 23.8 Å². The molecule has 0 saturated carbocycles. The summed E-state index contributed by atoms with van der Waals surface area (Å²) in [5.74, 6) is 0. The highest BCUT2D eigenvalue weighted by Gasteiger charge is 2.15. The summed E-state index contributed by atoms with van der Waals surface area (Å²) in [6.07, 6.45) is 4.42. The lowest BCUT2D eigenvalue weighted by Crippen LogP contribution is -1.98. The summed E-state index contributed by atoms with van der Waals surface area (Å²) in [5.41, 5.74) is 1.53. The van der Waals surface area contributed by atoms with Crippen LogP contribution >= 0.6 is 11.6 Å². The van der Waals surface area contributed by atoms with E-state index < -0.39 is 9.84 Å². The first-order valence-corrected chi connectivity index (χ1v) is 7.16. The third-order valence-corrected chi connectivity index (χ3v) is 4.01. The van der Waals surface area contributed by atoms with Crippen LogP contribution in [0.1, 0.15) is 0 Å². The van der Waals surface area contributed by atoms with Crippen molar-refractivity contribution in [1.29, 1.82) is 0 Å². The van der Waals surface area contributed by atoms with Crippen LogP contribution in [0, 0.1) is 0 Å². The van der Waals surface area contributed by atoms with Gasteiger partial charge in [0, 0.05) is 24.2 Å². The van der Waals surface area contributed by atoms with Crippen molar-refractivity contribution in [2.24, 2.45) is 0 Å². The molecule has 5 heteroatoms. The summed E-state index contributed by atoms with van der Waals surface area (Å²) in [4.78, 5) is 4.06. The van der Waals surface area contributed by atoms with Gasteiger partial charge in [-0.25, -0.2) is 8.42 Å². The zero-order chi connectivity index (χ0) is 12.5. The Hall–Kier alpha value is -1.39. The molecule has 17 heavy (non-hydrogen) atoms. The first-order chi connectivity index (χ1) is 8.00. The molecule has 1 aromatic carbocycles. The van der Waals surface area contributed by atoms with Gasteiger partial charge in [0.1, 0.15) is 0 Å². The number of rotatable bonds is 2. The van der Waals surface area contributed by atoms with Crippen LogP contribution in [-0.4, -0.2) is 19.7 Å². The Balaban J connectivity index is 2.67. The lowest BCUT2D eigenvalue weighted by atomic mass is 10.1. The maximum Gasteiger partial charge on any atom is 0.177 e. The Labute approximate surface area is 105 Å². The van der Waals surface area contributed by atoms with Crippen molar-refractivity contribution in [3.8, 4) is 11.1 Å². The summed E-state index contributed by atoms with van der Waals surface area (Å²) in [6.45, 7) is 0. The molecule has 3 nitrogen and oxygen atoms in total. The van der Waals surface area contributed by atoms with Crippen LogP contribution in [0.25, 0.3) is 11.1 Å². The average Bonchev–Trinajstić information content (AvgIpc) is 2.29. The van der Waals surface area contributed by atoms with E-state index in [2.05, 4.69) is 4.98 Å². The number of halogens is 1. The van der Waals surface area contributed by atoms with Gasteiger partial charge in [-0.1, -0.05) is 23.7 Å². The normalized spacial score (nSPS) is 11.4. The van der Waals surface area contributed by atoms with Crippen LogP contribution in [0.3, 0.4) is 0 Å². The number of aromatic nitrogens is 1. The van der Waals surface area contributed by atoms with Gasteiger partial charge in [0.05, 0.1) is 9.92 Å². The zero-order valence-corrected chi connectivity index (χ0v) is 10.7. The molecule has 0 radical (unpaired) electrons. The minimum Gasteiger partial charge on any atom is -0.265 e. The van der Waals surface area contributed by atoms with E-state index in [-0.39, 0.29) is 9.92 Å². The van der Waals surface area contributed by atoms with Gasteiger partial charge in [-0.15, -0.1) is 0 Å². The van der Waals surface area contributed by atoms with Crippen molar-refractivity contribution in [2.45, 2.75) is 4.90 Å². The Morgan fingerprint density at radius 2 is 1.76 bits per heavy atom. The average molecular weight is 268 g/mol. The first kappa shape index (κ1) is 12.1. The number of nitrogens with zero attached hydrogens (tertiary/aromatic N) is 1. The molecular formula is C12H10ClNO2S. The van der Waals surface area contributed by atoms with Crippen molar-refractivity contribution in [2.75, 3.05) is 6.26 Å². The number of hydrogen-bond donors (Lipinski definition) is 0. The molecule has 0 aliphatic carbocycles. The molecule has 2 rings (SSSR count). The third kappa shape index (κ3) is 2.48. The Kier molecular flexibility index (Phi) is 3.17. The molecule has 0 amide bonds. The molecule has 0 unspecified atom stereocenters. The molecule has 0 saturated heterocycles. The number of benzene rings is 1. The Morgan fingerprint density at radius 3 is 2.35 bits per heavy atom. The van der Waals surface area contributed by atoms with Gasteiger partial charge >= 0.3 is 0 Å². The molecule has 1 heterocycles. The van der Waals surface area contributed by atoms with Gasteiger partial charge < -0.3 is 0 Å². The fourth-order valence-electron chi connectivity index (χ4n) is 1.55. The second-order valence-electron chi connectivity index (χ2n) is 3.63. The maximum absolute atomic E-state index is 11.5. The molecule has 0 N–H and O–H groups in total. The molecule has 0 fully saturated rings. The molecule has 0 aliphatic rings. The third-order valence-electron chi connectivity index (χ3n) is 2.35. The highest BCUT2D eigenvalue weighted by atomic mass is 35.5. The quantitative estimate of drug-likeness (QED) is 0.841. The molecule has 1 aromatic heterocycles. The van der Waals surface area contributed by atoms with Gasteiger partial charge in [0.15, 0.2) is 9.84 Å². The van der Waals surface area contributed by atoms with E-state index in [1.165, 1.54) is 6.07 Å². The SMILES string of the molecule is CS(=O)(=O)c1cccc(-c2ccncc2)c1Cl. The molecule has 0 aliphatic heterocycles. The molecule has 0 bridgehead atoms. The fraction of sp³-hybridized carbons (Fsp3) is 0.0833. The van der Waals surface area contributed by atoms with E-state index in [0.29, 0.717) is 5.56 Å². The van der Waals surface area contributed by atoms with Crippen LogP contribution in [0.2, 0.25) is 5.02 Å². The van der Waals surface area contributed by atoms with E-state index in [4.69, 9.17) is 11.6 Å². The maximum atomic E-state index is 11.5. The van der Waals surface area contributed by atoms with Crippen LogP contribution in [0.5, 0.6) is 0 Å². The topological polar surface area (TPSA) is 47.0 Å². The largest absolute Gasteiger partial charge is 0.265 e. The van der Waals surface area contributed by atoms with Crippen LogP contribution in [-0.2, 0) is 9.84 Å². The zero-order valence-electron chi connectivity index (χ0n) is 9.09. The Morgan fingerprint density at radius 1 is 1.12 bits per heavy atom. The lowest BCUT2D eigenvalue weighted by Gasteiger charge is -2.08. The highest BCUT2D eigenvalue weighted by Crippen LogP contribution is 2.32. The molecule has 88 valence electrons. The molecule has 0 atom stereocenters. The van der Waals surface area contributed by atoms with E-state index >= 15 is 0 Å². The van der Waals surface area contributed by atoms with Gasteiger partial charge in [0.25, 0.3) is 0 Å². The van der Waals surface area contributed by atoms with Gasteiger partial charge in [-0.2, -0.15) is 0 Å². The van der Waals surface area contributed by atoms with Crippen molar-refractivity contribution >= 4 is 21.4 Å². The van der Waals surface area contributed by atoms with Crippen LogP contribution < -0.4 is 0 Å². The lowest BCUT2D eigenvalue weighted by molar-refractivity contribution is 0.602. The Bertz CT molecular complexity index is 639. The summed E-state index contributed by atoms with van der Waals surface area (Å²) >= 11 is 6.13. The summed E-state index contributed by atoms with van der Waals surface area (Å²) < 4.78 is 23.1. The van der Waals surface area contributed by atoms with Crippen molar-refractivity contribution in [1.82, 2.24) is 4.98 Å². The summed E-state index contributed by atoms with van der Waals surface area (Å²) in [7, 11) is -3.31. The fourth-order valence-corrected chi connectivity index (χ4v) is 2.97. The predicted molar refractivity (Wildman–Crippen MR) is 67.8 cm³/mol. The van der Waals surface area contributed by atoms with Crippen LogP contribution in [0.15, 0.2) is 47.6 Å². The van der Waals surface area contributed by atoms with Crippen molar-refractivity contribution < 1.29 is 8.42 Å². The predicted octanol–water partition coefficient (Wildman–Crippen LogP) is 2.81. The number of pyridine rings is 1. The minimum absolute atomic E-state index is 0.147. The summed E-state index contributed by atoms with van der Waals surface area (Å²) in [6, 6.07) is 8.53. The summed E-state index contributed by atoms with van der Waals surface area (Å²) in [5, 5.41) is 0.251. The second-order valence-corrected chi connectivity index (χ2v) is 5.99. The minimum atomic E-state index is -3.31. The van der Waals surface area contributed by atoms with Gasteiger partial charge in [0.2, 0.25) is 0 Å². The van der Waals surface area contributed by atoms with E-state index in [0.717, 1.165) is 11.8 Å². The monoisotopic (exact) mass is 267 g/mol. The second kappa shape index (κ2) is 4.47. The van der Waals surface area contributed by atoms with Crippen molar-refractivity contribution in [3.05, 3.63) is 47.7 Å². The first-order valence-electron chi connectivity index (χ1n) is 4.89. The number of hydrogen-bond acceptors (Lipinski definition) is 3. The van der Waals surface area contributed by atoms with E-state index in [1.807, 2.05) is 0 Å². The molecule has 2 aromatic rings. The smallest absolute Gasteiger partial charge is 0.177 e. The van der Waals surface area contributed by atoms with Crippen LogP contribution in [0.4, 0.5) is 0 Å². The molecule has 0 spiro atoms. The number of sulfone groups is 1. The van der Waals surface area contributed by atoms with E-state index in [1.54, 1.807) is 36.7 Å². The van der Waals surface area contributed by atoms with E-state index in [9.17, 15) is 8.42 Å². The highest BCUT2D eigenvalue weighted by molar-refractivity contribution is 7.90. The van der Waals surface area contributed by atoms with Gasteiger partial charge in [-0.3, -0.25) is 4.98 Å². The van der Waals surface area contributed by atoms with Crippen molar-refractivity contribution in [3.63, 3.8) is 0 Å². The standard InChI is InChI=1S/C12H10ClNO2S/c1-17(15,16)11-4-2-3-10(12(11)13)9-5-7-14-8-6-9/h2-8H,1H3.